The molecule has 0 atom stereocenters. The molecule has 0 aliphatic heterocycles. The lowest BCUT2D eigenvalue weighted by molar-refractivity contribution is 0.617. The maximum Gasteiger partial charge on any atom is 0.134 e. The van der Waals surface area contributed by atoms with Gasteiger partial charge in [-0.3, -0.25) is 0 Å². The highest BCUT2D eigenvalue weighted by Gasteiger charge is 2.13. The first kappa shape index (κ1) is 11.0. The van der Waals surface area contributed by atoms with E-state index in [2.05, 4.69) is 11.1 Å². The average Bonchev–Trinajstić information content (AvgIpc) is 2.94. The van der Waals surface area contributed by atoms with E-state index in [4.69, 9.17) is 9.68 Å². The number of aryl methyl sites for hydroxylation is 1. The molecule has 2 heterocycles. The van der Waals surface area contributed by atoms with Crippen molar-refractivity contribution in [2.75, 3.05) is 0 Å². The van der Waals surface area contributed by atoms with Crippen molar-refractivity contribution >= 4 is 22.3 Å². The Bertz CT molecular complexity index is 749. The van der Waals surface area contributed by atoms with Crippen LogP contribution in [0.4, 0.5) is 0 Å². The normalized spacial score (nSPS) is 10.7. The maximum atomic E-state index is 8.77. The predicted molar refractivity (Wildman–Crippen MR) is 71.4 cm³/mol. The van der Waals surface area contributed by atoms with Crippen LogP contribution in [-0.4, -0.2) is 4.98 Å². The minimum absolute atomic E-state index is 0.416. The molecule has 0 aliphatic carbocycles. The average molecular weight is 254 g/mol. The fourth-order valence-electron chi connectivity index (χ4n) is 1.92. The van der Waals surface area contributed by atoms with Crippen molar-refractivity contribution in [2.24, 2.45) is 0 Å². The second-order valence-corrected chi connectivity index (χ2v) is 5.09. The van der Waals surface area contributed by atoms with E-state index in [1.807, 2.05) is 31.2 Å². The Morgan fingerprint density at radius 3 is 3.06 bits per heavy atom. The number of thiazole rings is 1. The highest BCUT2D eigenvalue weighted by Crippen LogP contribution is 2.34. The smallest absolute Gasteiger partial charge is 0.134 e. The summed E-state index contributed by atoms with van der Waals surface area (Å²) in [6.45, 7) is 1.94. The molecule has 88 valence electrons. The van der Waals surface area contributed by atoms with Crippen molar-refractivity contribution in [2.45, 2.75) is 13.3 Å². The van der Waals surface area contributed by atoms with Crippen molar-refractivity contribution in [3.8, 4) is 16.6 Å². The van der Waals surface area contributed by atoms with Crippen LogP contribution in [0.3, 0.4) is 0 Å². The molecular weight excluding hydrogens is 244 g/mol. The third-order valence-corrected chi connectivity index (χ3v) is 4.03. The number of benzene rings is 1. The van der Waals surface area contributed by atoms with Crippen LogP contribution in [0.15, 0.2) is 34.9 Å². The van der Waals surface area contributed by atoms with E-state index in [-0.39, 0.29) is 0 Å². The molecule has 1 aromatic carbocycles. The standard InChI is InChI=1S/C14H10N2OS/c1-9-13(6-7-15)18-14(16-9)11-8-17-12-5-3-2-4-10(11)12/h2-5,8H,6H2,1H3. The summed E-state index contributed by atoms with van der Waals surface area (Å²) < 4.78 is 5.51. The molecular formula is C14H10N2OS. The maximum absolute atomic E-state index is 8.77. The summed E-state index contributed by atoms with van der Waals surface area (Å²) >= 11 is 1.56. The highest BCUT2D eigenvalue weighted by molar-refractivity contribution is 7.15. The van der Waals surface area contributed by atoms with Gasteiger partial charge in [-0.2, -0.15) is 5.26 Å². The summed E-state index contributed by atoms with van der Waals surface area (Å²) in [6.07, 6.45) is 2.15. The number of rotatable bonds is 2. The molecule has 3 aromatic rings. The molecule has 0 spiro atoms. The van der Waals surface area contributed by atoms with Crippen LogP contribution in [0, 0.1) is 18.3 Å². The Morgan fingerprint density at radius 2 is 2.22 bits per heavy atom. The van der Waals surface area contributed by atoms with Gasteiger partial charge in [0.25, 0.3) is 0 Å². The van der Waals surface area contributed by atoms with Crippen molar-refractivity contribution in [3.05, 3.63) is 41.1 Å². The predicted octanol–water partition coefficient (Wildman–Crippen LogP) is 3.93. The van der Waals surface area contributed by atoms with Gasteiger partial charge in [0, 0.05) is 10.3 Å². The third-order valence-electron chi connectivity index (χ3n) is 2.84. The van der Waals surface area contributed by atoms with Crippen molar-refractivity contribution < 1.29 is 4.42 Å². The van der Waals surface area contributed by atoms with Gasteiger partial charge in [-0.15, -0.1) is 11.3 Å². The zero-order valence-corrected chi connectivity index (χ0v) is 10.6. The van der Waals surface area contributed by atoms with Gasteiger partial charge in [0.2, 0.25) is 0 Å². The van der Waals surface area contributed by atoms with Gasteiger partial charge in [-0.1, -0.05) is 18.2 Å². The lowest BCUT2D eigenvalue weighted by Crippen LogP contribution is -1.79. The van der Waals surface area contributed by atoms with E-state index in [1.54, 1.807) is 17.6 Å². The SMILES string of the molecule is Cc1nc(-c2coc3ccccc23)sc1CC#N. The number of nitriles is 1. The topological polar surface area (TPSA) is 49.8 Å². The lowest BCUT2D eigenvalue weighted by atomic mass is 10.2. The van der Waals surface area contributed by atoms with Crippen molar-refractivity contribution in [1.29, 1.82) is 5.26 Å². The molecule has 0 aliphatic rings. The van der Waals surface area contributed by atoms with Crippen LogP contribution in [-0.2, 0) is 6.42 Å². The molecule has 3 nitrogen and oxygen atoms in total. The van der Waals surface area contributed by atoms with E-state index < -0.39 is 0 Å². The number of fused-ring (bicyclic) bond motifs is 1. The first-order valence-electron chi connectivity index (χ1n) is 5.59. The van der Waals surface area contributed by atoms with Gasteiger partial charge in [-0.25, -0.2) is 4.98 Å². The first-order chi connectivity index (χ1) is 8.79. The second kappa shape index (κ2) is 4.28. The van der Waals surface area contributed by atoms with Gasteiger partial charge in [0.1, 0.15) is 16.9 Å². The minimum atomic E-state index is 0.416. The summed E-state index contributed by atoms with van der Waals surface area (Å²) in [6, 6.07) is 10.1. The van der Waals surface area contributed by atoms with Gasteiger partial charge in [0.05, 0.1) is 23.7 Å². The summed E-state index contributed by atoms with van der Waals surface area (Å²) in [5.41, 5.74) is 2.80. The summed E-state index contributed by atoms with van der Waals surface area (Å²) in [4.78, 5) is 5.55. The molecule has 0 saturated carbocycles. The highest BCUT2D eigenvalue weighted by atomic mass is 32.1. The van der Waals surface area contributed by atoms with Crippen LogP contribution in [0.1, 0.15) is 10.6 Å². The van der Waals surface area contributed by atoms with Gasteiger partial charge >= 0.3 is 0 Å². The largest absolute Gasteiger partial charge is 0.464 e. The van der Waals surface area contributed by atoms with Crippen LogP contribution >= 0.6 is 11.3 Å². The van der Waals surface area contributed by atoms with Crippen LogP contribution in [0.25, 0.3) is 21.5 Å². The van der Waals surface area contributed by atoms with Gasteiger partial charge < -0.3 is 4.42 Å². The molecule has 0 unspecified atom stereocenters. The fraction of sp³-hybridized carbons (Fsp3) is 0.143. The number of aromatic nitrogens is 1. The van der Waals surface area contributed by atoms with Crippen molar-refractivity contribution in [1.82, 2.24) is 4.98 Å². The minimum Gasteiger partial charge on any atom is -0.464 e. The van der Waals surface area contributed by atoms with E-state index in [0.717, 1.165) is 32.1 Å². The Hall–Kier alpha value is -2.12. The molecule has 0 saturated heterocycles. The van der Waals surface area contributed by atoms with E-state index >= 15 is 0 Å². The summed E-state index contributed by atoms with van der Waals surface area (Å²) in [5.74, 6) is 0. The summed E-state index contributed by atoms with van der Waals surface area (Å²) in [5, 5.41) is 10.7. The molecule has 4 heteroatoms. The molecule has 0 amide bonds. The number of nitrogens with zero attached hydrogens (tertiary/aromatic N) is 2. The molecule has 0 bridgehead atoms. The number of hydrogen-bond acceptors (Lipinski definition) is 4. The number of para-hydroxylation sites is 1. The third kappa shape index (κ3) is 1.69. The zero-order valence-electron chi connectivity index (χ0n) is 9.80. The monoisotopic (exact) mass is 254 g/mol. The van der Waals surface area contributed by atoms with Gasteiger partial charge in [0.15, 0.2) is 0 Å². The molecule has 3 rings (SSSR count). The molecule has 18 heavy (non-hydrogen) atoms. The van der Waals surface area contributed by atoms with Crippen LogP contribution < -0.4 is 0 Å². The lowest BCUT2D eigenvalue weighted by Gasteiger charge is -1.90. The zero-order chi connectivity index (χ0) is 12.5. The second-order valence-electron chi connectivity index (χ2n) is 4.01. The summed E-state index contributed by atoms with van der Waals surface area (Å²) in [7, 11) is 0. The quantitative estimate of drug-likeness (QED) is 0.696. The van der Waals surface area contributed by atoms with Crippen LogP contribution in [0.2, 0.25) is 0 Å². The van der Waals surface area contributed by atoms with Gasteiger partial charge in [-0.05, 0) is 13.0 Å². The molecule has 0 radical (unpaired) electrons. The van der Waals surface area contributed by atoms with E-state index in [0.29, 0.717) is 6.42 Å². The Kier molecular flexibility index (Phi) is 2.62. The molecule has 0 N–H and O–H groups in total. The molecule has 2 aromatic heterocycles. The molecule has 0 fully saturated rings. The van der Waals surface area contributed by atoms with Crippen molar-refractivity contribution in [3.63, 3.8) is 0 Å². The Morgan fingerprint density at radius 1 is 1.39 bits per heavy atom. The van der Waals surface area contributed by atoms with E-state index in [9.17, 15) is 0 Å². The van der Waals surface area contributed by atoms with Crippen LogP contribution in [0.5, 0.6) is 0 Å². The first-order valence-corrected chi connectivity index (χ1v) is 6.41. The van der Waals surface area contributed by atoms with E-state index in [1.165, 1.54) is 0 Å². The Balaban J connectivity index is 2.15. The Labute approximate surface area is 108 Å². The number of furan rings is 1. The fourth-order valence-corrected chi connectivity index (χ4v) is 2.94. The number of hydrogen-bond donors (Lipinski definition) is 0.